The number of carboxylic acids is 1. The van der Waals surface area contributed by atoms with Crippen molar-refractivity contribution in [2.45, 2.75) is 63.7 Å². The number of aliphatic carboxylic acids is 1. The largest absolute Gasteiger partial charge is 0.480 e. The Hall–Kier alpha value is -2.89. The number of rotatable bonds is 10. The molecule has 0 bridgehead atoms. The van der Waals surface area contributed by atoms with E-state index in [2.05, 4.69) is 15.6 Å². The maximum absolute atomic E-state index is 12.5. The van der Waals surface area contributed by atoms with Crippen LogP contribution in [0.1, 0.15) is 39.5 Å². The Balaban J connectivity index is 2.60. The van der Waals surface area contributed by atoms with E-state index in [1.54, 1.807) is 6.92 Å². The fourth-order valence-corrected chi connectivity index (χ4v) is 3.00. The molecular weight excluding hydrogens is 382 g/mol. The van der Waals surface area contributed by atoms with Gasteiger partial charge in [0.1, 0.15) is 18.1 Å². The molecule has 0 aliphatic carbocycles. The molecule has 1 heterocycles. The van der Waals surface area contributed by atoms with Gasteiger partial charge in [-0.25, -0.2) is 4.79 Å². The summed E-state index contributed by atoms with van der Waals surface area (Å²) < 4.78 is 0. The number of likely N-dealkylation sites (tertiary alicyclic amines) is 1. The summed E-state index contributed by atoms with van der Waals surface area (Å²) in [6.45, 7) is 3.65. The van der Waals surface area contributed by atoms with E-state index in [0.717, 1.165) is 0 Å². The molecule has 0 unspecified atom stereocenters. The average molecular weight is 413 g/mol. The number of amides is 3. The highest BCUT2D eigenvalue weighted by Crippen LogP contribution is 2.18. The van der Waals surface area contributed by atoms with Crippen LogP contribution < -0.4 is 27.8 Å². The standard InChI is InChI=1S/C17H31N7O5/c1-9(18)15(27)24-8-4-6-12(24)14(26)22-10(2)13(25)23-11(16(28)29)5-3-7-21-17(19)20/h9-12H,3-8,18H2,1-2H3,(H,22,26)(H,23,25)(H,28,29)(H4,19,20,21)/t9-,10-,11-,12-/m0/s1. The van der Waals surface area contributed by atoms with Crippen LogP contribution in [-0.4, -0.2) is 76.9 Å². The van der Waals surface area contributed by atoms with E-state index in [-0.39, 0.29) is 24.8 Å². The van der Waals surface area contributed by atoms with Gasteiger partial charge in [-0.1, -0.05) is 0 Å². The van der Waals surface area contributed by atoms with Gasteiger partial charge in [0, 0.05) is 13.1 Å². The third-order valence-electron chi connectivity index (χ3n) is 4.54. The molecule has 9 N–H and O–H groups in total. The zero-order chi connectivity index (χ0) is 22.1. The van der Waals surface area contributed by atoms with Crippen molar-refractivity contribution in [3.63, 3.8) is 0 Å². The minimum absolute atomic E-state index is 0.0966. The summed E-state index contributed by atoms with van der Waals surface area (Å²) in [4.78, 5) is 53.5. The molecule has 12 heteroatoms. The molecule has 0 aromatic heterocycles. The molecule has 0 aromatic carbocycles. The zero-order valence-electron chi connectivity index (χ0n) is 16.8. The second-order valence-corrected chi connectivity index (χ2v) is 7.06. The van der Waals surface area contributed by atoms with Crippen LogP contribution in [-0.2, 0) is 19.2 Å². The molecule has 1 rings (SSSR count). The average Bonchev–Trinajstić information content (AvgIpc) is 3.12. The number of nitrogens with two attached hydrogens (primary N) is 3. The van der Waals surface area contributed by atoms with E-state index in [4.69, 9.17) is 17.2 Å². The molecule has 3 amide bonds. The predicted octanol–water partition coefficient (Wildman–Crippen LogP) is -2.55. The first-order valence-electron chi connectivity index (χ1n) is 9.49. The molecule has 0 aromatic rings. The fourth-order valence-electron chi connectivity index (χ4n) is 3.00. The second-order valence-electron chi connectivity index (χ2n) is 7.06. The van der Waals surface area contributed by atoms with Gasteiger partial charge in [-0.2, -0.15) is 0 Å². The normalized spacial score (nSPS) is 19.0. The number of aliphatic imine (C=N–C) groups is 1. The molecular formula is C17H31N7O5. The van der Waals surface area contributed by atoms with Crippen molar-refractivity contribution in [1.82, 2.24) is 15.5 Å². The number of carbonyl (C=O) groups excluding carboxylic acids is 3. The summed E-state index contributed by atoms with van der Waals surface area (Å²) >= 11 is 0. The Morgan fingerprint density at radius 1 is 1.21 bits per heavy atom. The van der Waals surface area contributed by atoms with Gasteiger partial charge in [0.15, 0.2) is 5.96 Å². The van der Waals surface area contributed by atoms with Crippen LogP contribution in [0.15, 0.2) is 4.99 Å². The summed E-state index contributed by atoms with van der Waals surface area (Å²) in [7, 11) is 0. The second kappa shape index (κ2) is 11.2. The number of nitrogens with one attached hydrogen (secondary N) is 2. The number of hydrogen-bond acceptors (Lipinski definition) is 6. The number of hydrogen-bond donors (Lipinski definition) is 6. The SMILES string of the molecule is C[C@H](N)C(=O)N1CCC[C@H]1C(=O)N[C@@H](C)C(=O)N[C@@H](CCCN=C(N)N)C(=O)O. The van der Waals surface area contributed by atoms with Gasteiger partial charge in [0.25, 0.3) is 0 Å². The summed E-state index contributed by atoms with van der Waals surface area (Å²) in [6, 6.07) is -3.54. The molecule has 0 spiro atoms. The van der Waals surface area contributed by atoms with Gasteiger partial charge in [0.2, 0.25) is 17.7 Å². The monoisotopic (exact) mass is 413 g/mol. The summed E-state index contributed by atoms with van der Waals surface area (Å²) in [5, 5.41) is 14.2. The molecule has 12 nitrogen and oxygen atoms in total. The smallest absolute Gasteiger partial charge is 0.326 e. The van der Waals surface area contributed by atoms with Crippen LogP contribution in [0.2, 0.25) is 0 Å². The highest BCUT2D eigenvalue weighted by Gasteiger charge is 2.36. The van der Waals surface area contributed by atoms with Gasteiger partial charge in [-0.15, -0.1) is 0 Å². The lowest BCUT2D eigenvalue weighted by atomic mass is 10.1. The van der Waals surface area contributed by atoms with Crippen molar-refractivity contribution in [2.24, 2.45) is 22.2 Å². The molecule has 164 valence electrons. The van der Waals surface area contributed by atoms with Crippen LogP contribution in [0.5, 0.6) is 0 Å². The minimum atomic E-state index is -1.20. The van der Waals surface area contributed by atoms with Crippen LogP contribution in [0.3, 0.4) is 0 Å². The lowest BCUT2D eigenvalue weighted by Crippen LogP contribution is -2.55. The zero-order valence-corrected chi connectivity index (χ0v) is 16.8. The molecule has 1 aliphatic rings. The quantitative estimate of drug-likeness (QED) is 0.127. The molecule has 4 atom stereocenters. The third kappa shape index (κ3) is 7.56. The van der Waals surface area contributed by atoms with Crippen molar-refractivity contribution in [3.05, 3.63) is 0 Å². The Bertz CT molecular complexity index is 648. The van der Waals surface area contributed by atoms with E-state index < -0.39 is 42.0 Å². The topological polar surface area (TPSA) is 206 Å². The van der Waals surface area contributed by atoms with Crippen LogP contribution in [0.25, 0.3) is 0 Å². The van der Waals surface area contributed by atoms with Crippen molar-refractivity contribution in [1.29, 1.82) is 0 Å². The van der Waals surface area contributed by atoms with Gasteiger partial charge < -0.3 is 37.8 Å². The lowest BCUT2D eigenvalue weighted by Gasteiger charge is -2.27. The van der Waals surface area contributed by atoms with Crippen LogP contribution >= 0.6 is 0 Å². The Morgan fingerprint density at radius 3 is 2.41 bits per heavy atom. The van der Waals surface area contributed by atoms with Gasteiger partial charge >= 0.3 is 5.97 Å². The predicted molar refractivity (Wildman–Crippen MR) is 105 cm³/mol. The van der Waals surface area contributed by atoms with Crippen molar-refractivity contribution in [2.75, 3.05) is 13.1 Å². The molecule has 29 heavy (non-hydrogen) atoms. The van der Waals surface area contributed by atoms with Gasteiger partial charge in [-0.05, 0) is 39.5 Å². The lowest BCUT2D eigenvalue weighted by molar-refractivity contribution is -0.143. The van der Waals surface area contributed by atoms with Crippen LogP contribution in [0.4, 0.5) is 0 Å². The molecule has 0 saturated carbocycles. The highest BCUT2D eigenvalue weighted by atomic mass is 16.4. The molecule has 1 saturated heterocycles. The van der Waals surface area contributed by atoms with Crippen molar-refractivity contribution in [3.8, 4) is 0 Å². The summed E-state index contributed by atoms with van der Waals surface area (Å²) in [5.74, 6) is -2.74. The summed E-state index contributed by atoms with van der Waals surface area (Å²) in [6.07, 6.45) is 1.61. The molecule has 1 fully saturated rings. The third-order valence-corrected chi connectivity index (χ3v) is 4.54. The Morgan fingerprint density at radius 2 is 1.86 bits per heavy atom. The number of carbonyl (C=O) groups is 4. The fraction of sp³-hybridized carbons (Fsp3) is 0.706. The number of nitrogens with zero attached hydrogens (tertiary/aromatic N) is 2. The minimum Gasteiger partial charge on any atom is -0.480 e. The van der Waals surface area contributed by atoms with E-state index in [9.17, 15) is 24.3 Å². The van der Waals surface area contributed by atoms with E-state index in [1.807, 2.05) is 0 Å². The number of guanidine groups is 1. The van der Waals surface area contributed by atoms with Crippen molar-refractivity contribution >= 4 is 29.7 Å². The Labute approximate surface area is 169 Å². The first-order chi connectivity index (χ1) is 13.5. The van der Waals surface area contributed by atoms with E-state index in [0.29, 0.717) is 25.8 Å². The van der Waals surface area contributed by atoms with Crippen LogP contribution in [0, 0.1) is 0 Å². The maximum Gasteiger partial charge on any atom is 0.326 e. The van der Waals surface area contributed by atoms with Gasteiger partial charge in [0.05, 0.1) is 6.04 Å². The molecule has 0 radical (unpaired) electrons. The summed E-state index contributed by atoms with van der Waals surface area (Å²) in [5.41, 5.74) is 16.0. The van der Waals surface area contributed by atoms with E-state index >= 15 is 0 Å². The molecule has 1 aliphatic heterocycles. The van der Waals surface area contributed by atoms with Crippen molar-refractivity contribution < 1.29 is 24.3 Å². The first kappa shape index (κ1) is 24.1. The Kier molecular flexibility index (Phi) is 9.32. The van der Waals surface area contributed by atoms with Gasteiger partial charge in [-0.3, -0.25) is 19.4 Å². The maximum atomic E-state index is 12.5. The van der Waals surface area contributed by atoms with E-state index in [1.165, 1.54) is 11.8 Å². The number of carboxylic acid groups (broad SMARTS) is 1. The first-order valence-corrected chi connectivity index (χ1v) is 9.49. The highest BCUT2D eigenvalue weighted by molar-refractivity contribution is 5.94.